The first-order chi connectivity index (χ1) is 10.1. The first-order valence-electron chi connectivity index (χ1n) is 6.63. The van der Waals surface area contributed by atoms with Gasteiger partial charge in [-0.2, -0.15) is 0 Å². The number of methoxy groups -OCH3 is 1. The monoisotopic (exact) mass is 297 g/mol. The summed E-state index contributed by atoms with van der Waals surface area (Å²) in [4.78, 5) is 22.8. The van der Waals surface area contributed by atoms with Gasteiger partial charge in [0.2, 0.25) is 5.91 Å². The van der Waals surface area contributed by atoms with Gasteiger partial charge in [-0.3, -0.25) is 4.79 Å². The van der Waals surface area contributed by atoms with Crippen LogP contribution in [0, 0.1) is 5.82 Å². The molecule has 0 fully saturated rings. The minimum atomic E-state index is -0.371. The highest BCUT2D eigenvalue weighted by Gasteiger charge is 2.03. The number of nitrogens with one attached hydrogen (secondary N) is 3. The lowest BCUT2D eigenvalue weighted by Crippen LogP contribution is -2.37. The molecule has 1 rings (SSSR count). The summed E-state index contributed by atoms with van der Waals surface area (Å²) in [5.74, 6) is -0.464. The number of halogens is 1. The Morgan fingerprint density at radius 3 is 2.48 bits per heavy atom. The number of amides is 3. The van der Waals surface area contributed by atoms with Crippen molar-refractivity contribution in [2.75, 3.05) is 26.8 Å². The molecule has 0 unspecified atom stereocenters. The zero-order valence-electron chi connectivity index (χ0n) is 11.9. The molecule has 0 atom stereocenters. The van der Waals surface area contributed by atoms with Crippen LogP contribution in [0.3, 0.4) is 0 Å². The third-order valence-corrected chi connectivity index (χ3v) is 2.63. The molecule has 1 aromatic rings. The van der Waals surface area contributed by atoms with Crippen molar-refractivity contribution < 1.29 is 18.7 Å². The van der Waals surface area contributed by atoms with Crippen LogP contribution in [0.5, 0.6) is 0 Å². The molecule has 0 radical (unpaired) electrons. The van der Waals surface area contributed by atoms with Gasteiger partial charge in [-0.1, -0.05) is 12.1 Å². The van der Waals surface area contributed by atoms with E-state index in [4.69, 9.17) is 4.74 Å². The molecule has 6 nitrogen and oxygen atoms in total. The van der Waals surface area contributed by atoms with Gasteiger partial charge in [0.1, 0.15) is 5.82 Å². The summed E-state index contributed by atoms with van der Waals surface area (Å²) in [7, 11) is 1.55. The van der Waals surface area contributed by atoms with Gasteiger partial charge < -0.3 is 20.7 Å². The molecule has 3 N–H and O–H groups in total. The summed E-state index contributed by atoms with van der Waals surface area (Å²) < 4.78 is 17.5. The molecular weight excluding hydrogens is 277 g/mol. The van der Waals surface area contributed by atoms with Crippen LogP contribution < -0.4 is 16.0 Å². The number of urea groups is 1. The normalized spacial score (nSPS) is 10.0. The number of ether oxygens (including phenoxy) is 1. The van der Waals surface area contributed by atoms with Crippen LogP contribution in [0.15, 0.2) is 24.3 Å². The number of hydrogen-bond donors (Lipinski definition) is 3. The molecule has 0 heterocycles. The second-order valence-corrected chi connectivity index (χ2v) is 4.33. The predicted octanol–water partition coefficient (Wildman–Crippen LogP) is 0.778. The lowest BCUT2D eigenvalue weighted by Gasteiger charge is -2.08. The molecule has 1 aromatic carbocycles. The molecule has 0 aliphatic heterocycles. The Labute approximate surface area is 123 Å². The molecule has 0 aliphatic rings. The summed E-state index contributed by atoms with van der Waals surface area (Å²) in [6, 6.07) is 5.49. The van der Waals surface area contributed by atoms with E-state index >= 15 is 0 Å². The number of hydrogen-bond acceptors (Lipinski definition) is 3. The fourth-order valence-corrected chi connectivity index (χ4v) is 1.52. The van der Waals surface area contributed by atoms with E-state index in [1.165, 1.54) is 12.1 Å². The van der Waals surface area contributed by atoms with Gasteiger partial charge in [-0.15, -0.1) is 0 Å². The minimum Gasteiger partial charge on any atom is -0.383 e. The summed E-state index contributed by atoms with van der Waals surface area (Å²) in [5, 5.41) is 7.84. The van der Waals surface area contributed by atoms with Gasteiger partial charge in [0.25, 0.3) is 0 Å². The number of rotatable bonds is 8. The van der Waals surface area contributed by atoms with Gasteiger partial charge in [0, 0.05) is 33.2 Å². The Hall–Kier alpha value is -2.15. The molecule has 0 aromatic heterocycles. The Morgan fingerprint density at radius 1 is 1.10 bits per heavy atom. The fourth-order valence-electron chi connectivity index (χ4n) is 1.52. The van der Waals surface area contributed by atoms with E-state index in [0.29, 0.717) is 19.7 Å². The zero-order valence-corrected chi connectivity index (χ0v) is 11.9. The molecular formula is C14H20FN3O3. The molecule has 0 saturated heterocycles. The van der Waals surface area contributed by atoms with Gasteiger partial charge in [-0.05, 0) is 17.7 Å². The summed E-state index contributed by atoms with van der Waals surface area (Å²) in [6.07, 6.45) is 0.202. The van der Waals surface area contributed by atoms with Crippen molar-refractivity contribution in [3.63, 3.8) is 0 Å². The molecule has 0 spiro atoms. The van der Waals surface area contributed by atoms with E-state index in [-0.39, 0.29) is 30.7 Å². The van der Waals surface area contributed by atoms with Gasteiger partial charge >= 0.3 is 6.03 Å². The van der Waals surface area contributed by atoms with Crippen LogP contribution in [0.1, 0.15) is 12.0 Å². The van der Waals surface area contributed by atoms with Crippen LogP contribution >= 0.6 is 0 Å². The predicted molar refractivity (Wildman–Crippen MR) is 76.1 cm³/mol. The van der Waals surface area contributed by atoms with Crippen molar-refractivity contribution >= 4 is 11.9 Å². The Balaban J connectivity index is 2.11. The molecule has 3 amide bonds. The smallest absolute Gasteiger partial charge is 0.315 e. The lowest BCUT2D eigenvalue weighted by molar-refractivity contribution is -0.121. The van der Waals surface area contributed by atoms with Crippen LogP contribution in [-0.4, -0.2) is 38.7 Å². The molecule has 116 valence electrons. The third-order valence-electron chi connectivity index (χ3n) is 2.63. The van der Waals surface area contributed by atoms with E-state index in [2.05, 4.69) is 16.0 Å². The first-order valence-corrected chi connectivity index (χ1v) is 6.63. The minimum absolute atomic E-state index is 0.147. The maximum atomic E-state index is 12.7. The van der Waals surface area contributed by atoms with Crippen LogP contribution in [0.4, 0.5) is 9.18 Å². The average molecular weight is 297 g/mol. The maximum Gasteiger partial charge on any atom is 0.315 e. The first kappa shape index (κ1) is 16.9. The van der Waals surface area contributed by atoms with Gasteiger partial charge in [-0.25, -0.2) is 9.18 Å². The van der Waals surface area contributed by atoms with Crippen molar-refractivity contribution in [1.82, 2.24) is 16.0 Å². The number of carbonyl (C=O) groups is 2. The zero-order chi connectivity index (χ0) is 15.5. The topological polar surface area (TPSA) is 79.5 Å². The van der Waals surface area contributed by atoms with Crippen molar-refractivity contribution in [3.05, 3.63) is 35.6 Å². The van der Waals surface area contributed by atoms with Crippen molar-refractivity contribution in [1.29, 1.82) is 0 Å². The van der Waals surface area contributed by atoms with E-state index in [9.17, 15) is 14.0 Å². The van der Waals surface area contributed by atoms with E-state index in [0.717, 1.165) is 5.56 Å². The standard InChI is InChI=1S/C14H20FN3O3/c1-21-9-8-16-13(19)6-7-17-14(20)18-10-11-2-4-12(15)5-3-11/h2-5H,6-10H2,1H3,(H,16,19)(H2,17,18,20). The second-order valence-electron chi connectivity index (χ2n) is 4.33. The Kier molecular flexibility index (Phi) is 7.81. The summed E-state index contributed by atoms with van der Waals surface area (Å²) in [6.45, 7) is 1.45. The number of carbonyl (C=O) groups excluding carboxylic acids is 2. The van der Waals surface area contributed by atoms with Crippen molar-refractivity contribution in [3.8, 4) is 0 Å². The van der Waals surface area contributed by atoms with E-state index in [1.54, 1.807) is 19.2 Å². The maximum absolute atomic E-state index is 12.7. The van der Waals surface area contributed by atoms with Crippen LogP contribution in [0.2, 0.25) is 0 Å². The highest BCUT2D eigenvalue weighted by atomic mass is 19.1. The summed E-state index contributed by atoms with van der Waals surface area (Å²) in [5.41, 5.74) is 0.795. The third kappa shape index (κ3) is 7.88. The number of benzene rings is 1. The van der Waals surface area contributed by atoms with Gasteiger partial charge in [0.05, 0.1) is 6.61 Å². The van der Waals surface area contributed by atoms with Gasteiger partial charge in [0.15, 0.2) is 0 Å². The lowest BCUT2D eigenvalue weighted by atomic mass is 10.2. The summed E-state index contributed by atoms with van der Waals surface area (Å²) >= 11 is 0. The van der Waals surface area contributed by atoms with E-state index < -0.39 is 0 Å². The SMILES string of the molecule is COCCNC(=O)CCNC(=O)NCc1ccc(F)cc1. The fraction of sp³-hybridized carbons (Fsp3) is 0.429. The molecule has 7 heteroatoms. The average Bonchev–Trinajstić information content (AvgIpc) is 2.47. The quantitative estimate of drug-likeness (QED) is 0.620. The van der Waals surface area contributed by atoms with Crippen molar-refractivity contribution in [2.45, 2.75) is 13.0 Å². The molecule has 0 saturated carbocycles. The van der Waals surface area contributed by atoms with Crippen molar-refractivity contribution in [2.24, 2.45) is 0 Å². The van der Waals surface area contributed by atoms with E-state index in [1.807, 2.05) is 0 Å². The van der Waals surface area contributed by atoms with Crippen LogP contribution in [0.25, 0.3) is 0 Å². The Morgan fingerprint density at radius 2 is 1.81 bits per heavy atom. The molecule has 0 bridgehead atoms. The van der Waals surface area contributed by atoms with Crippen LogP contribution in [-0.2, 0) is 16.1 Å². The molecule has 21 heavy (non-hydrogen) atoms. The second kappa shape index (κ2) is 9.71. The largest absolute Gasteiger partial charge is 0.383 e. The molecule has 0 aliphatic carbocycles. The Bertz CT molecular complexity index is 451. The highest BCUT2D eigenvalue weighted by Crippen LogP contribution is 2.01. The highest BCUT2D eigenvalue weighted by molar-refractivity contribution is 5.78.